The van der Waals surface area contributed by atoms with Gasteiger partial charge in [-0.05, 0) is 41.0 Å². The van der Waals surface area contributed by atoms with Crippen molar-refractivity contribution in [3.8, 4) is 11.1 Å². The van der Waals surface area contributed by atoms with Crippen LogP contribution in [0.5, 0.6) is 0 Å². The Morgan fingerprint density at radius 3 is 2.17 bits per heavy atom. The Bertz CT molecular complexity index is 1160. The van der Waals surface area contributed by atoms with Crippen LogP contribution < -0.4 is 9.44 Å². The molecular weight excluding hydrogens is 415 g/mol. The molecule has 150 valence electrons. The molecule has 0 saturated heterocycles. The summed E-state index contributed by atoms with van der Waals surface area (Å²) in [5, 5.41) is 5.14. The molecule has 0 heterocycles. The predicted octanol–water partition coefficient (Wildman–Crippen LogP) is 3.75. The van der Waals surface area contributed by atoms with Crippen LogP contribution >= 0.6 is 0 Å². The van der Waals surface area contributed by atoms with E-state index in [1.54, 1.807) is 12.1 Å². The smallest absolute Gasteiger partial charge is 0.266 e. The molecule has 6 nitrogen and oxygen atoms in total. The van der Waals surface area contributed by atoms with Gasteiger partial charge in [0, 0.05) is 6.20 Å². The highest BCUT2D eigenvalue weighted by Crippen LogP contribution is 2.27. The molecule has 0 saturated carbocycles. The fraction of sp³-hybridized carbons (Fsp3) is 0. The quantitative estimate of drug-likeness (QED) is 0.579. The van der Waals surface area contributed by atoms with E-state index in [0.717, 1.165) is 29.3 Å². The summed E-state index contributed by atoms with van der Waals surface area (Å²) in [4.78, 5) is -0.467. The largest absolute Gasteiger partial charge is 0.289 e. The van der Waals surface area contributed by atoms with E-state index in [4.69, 9.17) is 5.14 Å². The molecule has 0 aliphatic heterocycles. The molecule has 3 rings (SSSR count). The van der Waals surface area contributed by atoms with Crippen LogP contribution in [-0.4, -0.2) is 17.2 Å². The lowest BCUT2D eigenvalue weighted by Gasteiger charge is -2.18. The zero-order valence-electron chi connectivity index (χ0n) is 15.0. The van der Waals surface area contributed by atoms with Crippen molar-refractivity contribution >= 4 is 33.1 Å². The summed E-state index contributed by atoms with van der Waals surface area (Å²) in [6.45, 7) is 0. The van der Waals surface area contributed by atoms with Crippen LogP contribution in [0.4, 0.5) is 10.1 Å². The third-order valence-electron chi connectivity index (χ3n) is 4.05. The second-order valence-corrected chi connectivity index (χ2v) is 8.40. The molecule has 3 N–H and O–H groups in total. The first kappa shape index (κ1) is 20.9. The number of rotatable bonds is 6. The molecule has 3 aromatic carbocycles. The van der Waals surface area contributed by atoms with Gasteiger partial charge in [0.15, 0.2) is 0 Å². The number of sulfonamides is 1. The van der Waals surface area contributed by atoms with Gasteiger partial charge in [0.05, 0.1) is 5.69 Å². The van der Waals surface area contributed by atoms with Crippen molar-refractivity contribution in [3.05, 3.63) is 90.4 Å². The molecule has 1 atom stereocenters. The van der Waals surface area contributed by atoms with Gasteiger partial charge in [-0.25, -0.2) is 26.5 Å². The zero-order valence-corrected chi connectivity index (χ0v) is 16.6. The Kier molecular flexibility index (Phi) is 6.23. The summed E-state index contributed by atoms with van der Waals surface area (Å²) >= 11 is -2.66. The fourth-order valence-electron chi connectivity index (χ4n) is 2.69. The first-order valence-electron chi connectivity index (χ1n) is 8.32. The third kappa shape index (κ3) is 5.15. The van der Waals surface area contributed by atoms with E-state index < -0.39 is 32.0 Å². The molecule has 3 aromatic rings. The van der Waals surface area contributed by atoms with Crippen molar-refractivity contribution in [2.75, 3.05) is 4.31 Å². The number of benzene rings is 3. The molecule has 0 aromatic heterocycles. The molecule has 0 spiro atoms. The maximum atomic E-state index is 13.7. The van der Waals surface area contributed by atoms with Gasteiger partial charge in [-0.2, -0.15) is 0 Å². The number of nitrogens with two attached hydrogens (primary N) is 1. The van der Waals surface area contributed by atoms with Crippen LogP contribution in [0, 0.1) is 5.82 Å². The minimum absolute atomic E-state index is 0.342. The summed E-state index contributed by atoms with van der Waals surface area (Å²) in [6, 6.07) is 19.8. The molecule has 29 heavy (non-hydrogen) atoms. The lowest BCUT2D eigenvalue weighted by Crippen LogP contribution is -2.23. The monoisotopic (exact) mass is 432 g/mol. The van der Waals surface area contributed by atoms with E-state index in [0.29, 0.717) is 9.87 Å². The average Bonchev–Trinajstić information content (AvgIpc) is 2.68. The first-order chi connectivity index (χ1) is 13.8. The van der Waals surface area contributed by atoms with Crippen molar-refractivity contribution in [3.63, 3.8) is 0 Å². The summed E-state index contributed by atoms with van der Waals surface area (Å²) < 4.78 is 59.3. The van der Waals surface area contributed by atoms with Crippen molar-refractivity contribution in [2.45, 2.75) is 4.90 Å². The van der Waals surface area contributed by atoms with Gasteiger partial charge in [0.2, 0.25) is 10.0 Å². The van der Waals surface area contributed by atoms with Gasteiger partial charge in [0.25, 0.3) is 11.3 Å². The van der Waals surface area contributed by atoms with Gasteiger partial charge < -0.3 is 0 Å². The van der Waals surface area contributed by atoms with Crippen molar-refractivity contribution in [2.24, 2.45) is 5.14 Å². The normalized spacial score (nSPS) is 12.8. The minimum atomic E-state index is -4.24. The van der Waals surface area contributed by atoms with Crippen LogP contribution in [0.25, 0.3) is 17.2 Å². The van der Waals surface area contributed by atoms with Gasteiger partial charge in [0.1, 0.15) is 10.7 Å². The van der Waals surface area contributed by atoms with Crippen molar-refractivity contribution in [1.29, 1.82) is 0 Å². The Labute approximate surface area is 170 Å². The number of halogens is 1. The van der Waals surface area contributed by atoms with E-state index in [-0.39, 0.29) is 5.69 Å². The highest BCUT2D eigenvalue weighted by atomic mass is 32.2. The second-order valence-electron chi connectivity index (χ2n) is 6.02. The Hall–Kier alpha value is -2.85. The second kappa shape index (κ2) is 8.66. The van der Waals surface area contributed by atoms with Crippen LogP contribution in [0.1, 0.15) is 5.56 Å². The van der Waals surface area contributed by atoms with Crippen molar-refractivity contribution in [1.82, 2.24) is 0 Å². The van der Waals surface area contributed by atoms with Crippen molar-refractivity contribution < 1.29 is 21.6 Å². The van der Waals surface area contributed by atoms with E-state index in [1.807, 2.05) is 42.5 Å². The Morgan fingerprint density at radius 1 is 0.966 bits per heavy atom. The van der Waals surface area contributed by atoms with Crippen LogP contribution in [0.2, 0.25) is 0 Å². The van der Waals surface area contributed by atoms with Gasteiger partial charge in [-0.15, -0.1) is 0 Å². The Morgan fingerprint density at radius 2 is 1.59 bits per heavy atom. The topological polar surface area (TPSA) is 101 Å². The number of hydrogen-bond acceptors (Lipinski definition) is 3. The average molecular weight is 432 g/mol. The maximum Gasteiger partial charge on any atom is 0.266 e. The molecule has 0 amide bonds. The van der Waals surface area contributed by atoms with Gasteiger partial charge in [-0.1, -0.05) is 54.6 Å². The number of primary sulfonamides is 1. The molecule has 0 fully saturated rings. The lowest BCUT2D eigenvalue weighted by atomic mass is 10.0. The van der Waals surface area contributed by atoms with Gasteiger partial charge >= 0.3 is 0 Å². The van der Waals surface area contributed by atoms with E-state index >= 15 is 0 Å². The van der Waals surface area contributed by atoms with Crippen LogP contribution in [0.3, 0.4) is 0 Å². The van der Waals surface area contributed by atoms with Crippen LogP contribution in [-0.2, 0) is 21.3 Å². The Balaban J connectivity index is 1.94. The highest BCUT2D eigenvalue weighted by Gasteiger charge is 2.21. The standard InChI is InChI=1S/C20H17FN2O4S2/c21-18-10-11-20(29(22,26)27)19(14-18)23(28(24)25)13-12-15-6-8-17(9-7-15)16-4-2-1-3-5-16/h1-14H,(H,24,25)(H2,22,26,27). The lowest BCUT2D eigenvalue weighted by molar-refractivity contribution is 0.563. The number of hydrogen-bond donors (Lipinski definition) is 2. The van der Waals surface area contributed by atoms with E-state index in [1.165, 1.54) is 12.3 Å². The minimum Gasteiger partial charge on any atom is -0.289 e. The number of anilines is 1. The first-order valence-corrected chi connectivity index (χ1v) is 10.9. The van der Waals surface area contributed by atoms with E-state index in [2.05, 4.69) is 0 Å². The summed E-state index contributed by atoms with van der Waals surface area (Å²) in [6.07, 6.45) is 2.69. The molecule has 0 radical (unpaired) electrons. The predicted molar refractivity (Wildman–Crippen MR) is 112 cm³/mol. The molecule has 0 aliphatic carbocycles. The number of nitrogens with zero attached hydrogens (tertiary/aromatic N) is 1. The maximum absolute atomic E-state index is 13.7. The fourth-order valence-corrected chi connectivity index (χ4v) is 3.94. The molecule has 0 bridgehead atoms. The molecule has 1 unspecified atom stereocenters. The highest BCUT2D eigenvalue weighted by molar-refractivity contribution is 7.89. The van der Waals surface area contributed by atoms with Gasteiger partial charge in [-0.3, -0.25) is 4.55 Å². The zero-order chi connectivity index (χ0) is 21.0. The molecule has 9 heteroatoms. The molecule has 0 aliphatic rings. The third-order valence-corrected chi connectivity index (χ3v) is 5.67. The van der Waals surface area contributed by atoms with Crippen LogP contribution in [0.15, 0.2) is 83.9 Å². The summed E-state index contributed by atoms with van der Waals surface area (Å²) in [7, 11) is -4.24. The summed E-state index contributed by atoms with van der Waals surface area (Å²) in [5.74, 6) is -0.775. The SMILES string of the molecule is NS(=O)(=O)c1ccc(F)cc1N(C=Cc1ccc(-c2ccccc2)cc1)S(=O)O. The van der Waals surface area contributed by atoms with E-state index in [9.17, 15) is 21.6 Å². The molecular formula is C20H17FN2O4S2. The summed E-state index contributed by atoms with van der Waals surface area (Å²) in [5.41, 5.74) is 2.38.